The summed E-state index contributed by atoms with van der Waals surface area (Å²) in [5.41, 5.74) is 6.29. The predicted molar refractivity (Wildman–Crippen MR) is 97.1 cm³/mol. The molecule has 1 heterocycles. The van der Waals surface area contributed by atoms with E-state index in [9.17, 15) is 24.9 Å². The van der Waals surface area contributed by atoms with E-state index in [2.05, 4.69) is 5.32 Å². The summed E-state index contributed by atoms with van der Waals surface area (Å²) in [5.74, 6) is -1.41. The number of carbonyl (C=O) groups excluding carboxylic acids is 2. The minimum absolute atomic E-state index is 0.0106. The lowest BCUT2D eigenvalue weighted by Crippen LogP contribution is -2.62. The maximum Gasteiger partial charge on any atom is 0.308 e. The lowest BCUT2D eigenvalue weighted by molar-refractivity contribution is -0.265. The van der Waals surface area contributed by atoms with Crippen molar-refractivity contribution >= 4 is 17.6 Å². The Balaban J connectivity index is 2.19. The number of hydrogen-bond donors (Lipinski definition) is 5. The van der Waals surface area contributed by atoms with Crippen LogP contribution in [-0.2, 0) is 25.7 Å². The van der Waals surface area contributed by atoms with Crippen molar-refractivity contribution in [3.63, 3.8) is 0 Å². The van der Waals surface area contributed by atoms with Gasteiger partial charge in [-0.15, -0.1) is 0 Å². The molecule has 1 aromatic carbocycles. The topological polar surface area (TPSA) is 161 Å². The van der Waals surface area contributed by atoms with Gasteiger partial charge in [-0.05, 0) is 17.7 Å². The van der Waals surface area contributed by atoms with Crippen molar-refractivity contribution in [2.75, 3.05) is 12.4 Å². The third kappa shape index (κ3) is 4.90. The van der Waals surface area contributed by atoms with Crippen LogP contribution in [0.4, 0.5) is 5.69 Å². The molecule has 0 aromatic heterocycles. The Morgan fingerprint density at radius 1 is 1.21 bits per heavy atom. The number of aliphatic hydroxyl groups is 3. The van der Waals surface area contributed by atoms with E-state index in [0.29, 0.717) is 11.3 Å². The lowest BCUT2D eigenvalue weighted by atomic mass is 9.98. The van der Waals surface area contributed by atoms with Gasteiger partial charge >= 0.3 is 5.97 Å². The van der Waals surface area contributed by atoms with Crippen LogP contribution in [0.25, 0.3) is 0 Å². The zero-order valence-corrected chi connectivity index (χ0v) is 15.9. The molecule has 1 amide bonds. The molecule has 1 fully saturated rings. The second-order valence-electron chi connectivity index (χ2n) is 6.76. The molecule has 156 valence electrons. The molecule has 0 saturated carbocycles. The van der Waals surface area contributed by atoms with Gasteiger partial charge in [-0.2, -0.15) is 0 Å². The number of hydrogen-bond acceptors (Lipinski definition) is 9. The summed E-state index contributed by atoms with van der Waals surface area (Å²) >= 11 is 0. The van der Waals surface area contributed by atoms with Crippen molar-refractivity contribution in [2.24, 2.45) is 11.7 Å². The Bertz CT molecular complexity index is 711. The molecule has 1 saturated heterocycles. The molecular formula is C18H26N2O8. The van der Waals surface area contributed by atoms with Crippen LogP contribution >= 0.6 is 0 Å². The van der Waals surface area contributed by atoms with E-state index in [4.69, 9.17) is 19.9 Å². The summed E-state index contributed by atoms with van der Waals surface area (Å²) in [6, 6.07) is 4.95. The van der Waals surface area contributed by atoms with Gasteiger partial charge in [0.05, 0.1) is 11.6 Å². The summed E-state index contributed by atoms with van der Waals surface area (Å²) < 4.78 is 16.1. The molecule has 0 unspecified atom stereocenters. The molecule has 6 N–H and O–H groups in total. The first-order chi connectivity index (χ1) is 13.1. The van der Waals surface area contributed by atoms with Crippen molar-refractivity contribution in [3.05, 3.63) is 23.8 Å². The standard InChI is InChI=1S/C18H26N2O8/c1-8(2)17(25)26-7-9-4-5-10(20-3)11(6-9)27-18-14(23)12(21)13(22)15(28-18)16(19)24/h4-6,8,12-15,18,20-23H,7H2,1-3H3,(H2,19,24)/t12-,13-,14+,15-,18+/m0/s1. The maximum atomic E-state index is 11.6. The van der Waals surface area contributed by atoms with Crippen LogP contribution in [0.2, 0.25) is 0 Å². The molecule has 0 radical (unpaired) electrons. The molecular weight excluding hydrogens is 372 g/mol. The average Bonchev–Trinajstić information content (AvgIpc) is 2.66. The zero-order chi connectivity index (χ0) is 21.0. The fourth-order valence-electron chi connectivity index (χ4n) is 2.59. The Morgan fingerprint density at radius 3 is 2.46 bits per heavy atom. The van der Waals surface area contributed by atoms with Crippen LogP contribution < -0.4 is 15.8 Å². The smallest absolute Gasteiger partial charge is 0.308 e. The number of nitrogens with one attached hydrogen (secondary N) is 1. The molecule has 1 aliphatic rings. The molecule has 5 atom stereocenters. The van der Waals surface area contributed by atoms with Crippen LogP contribution in [0, 0.1) is 5.92 Å². The normalized spacial score (nSPS) is 27.3. The highest BCUT2D eigenvalue weighted by Crippen LogP contribution is 2.30. The van der Waals surface area contributed by atoms with E-state index in [1.165, 1.54) is 0 Å². The van der Waals surface area contributed by atoms with Crippen molar-refractivity contribution in [2.45, 2.75) is 51.2 Å². The van der Waals surface area contributed by atoms with Crippen LogP contribution in [0.3, 0.4) is 0 Å². The van der Waals surface area contributed by atoms with E-state index in [0.717, 1.165) is 0 Å². The SMILES string of the molecule is CNc1ccc(COC(=O)C(C)C)cc1O[C@@H]1O[C@H](C(N)=O)[C@@H](O)[C@H](O)[C@H]1O. The lowest BCUT2D eigenvalue weighted by Gasteiger charge is -2.39. The number of aliphatic hydroxyl groups excluding tert-OH is 3. The molecule has 0 bridgehead atoms. The van der Waals surface area contributed by atoms with E-state index in [1.807, 2.05) is 0 Å². The Hall–Kier alpha value is -2.40. The number of rotatable bonds is 7. The number of benzene rings is 1. The third-order valence-corrected chi connectivity index (χ3v) is 4.26. The molecule has 10 nitrogen and oxygen atoms in total. The van der Waals surface area contributed by atoms with Gasteiger partial charge in [-0.3, -0.25) is 9.59 Å². The number of amides is 1. The van der Waals surface area contributed by atoms with Gasteiger partial charge in [0.15, 0.2) is 6.10 Å². The molecule has 2 rings (SSSR count). The Morgan fingerprint density at radius 2 is 1.89 bits per heavy atom. The van der Waals surface area contributed by atoms with Gasteiger partial charge in [-0.1, -0.05) is 19.9 Å². The summed E-state index contributed by atoms with van der Waals surface area (Å²) in [6.07, 6.45) is -8.01. The number of esters is 1. The quantitative estimate of drug-likeness (QED) is 0.367. The van der Waals surface area contributed by atoms with E-state index >= 15 is 0 Å². The molecule has 0 aliphatic carbocycles. The fourth-order valence-corrected chi connectivity index (χ4v) is 2.59. The molecule has 28 heavy (non-hydrogen) atoms. The third-order valence-electron chi connectivity index (χ3n) is 4.26. The van der Waals surface area contributed by atoms with E-state index < -0.39 is 36.6 Å². The van der Waals surface area contributed by atoms with Gasteiger partial charge in [-0.25, -0.2) is 0 Å². The first-order valence-corrected chi connectivity index (χ1v) is 8.78. The highest BCUT2D eigenvalue weighted by atomic mass is 16.7. The minimum Gasteiger partial charge on any atom is -0.461 e. The Labute approximate surface area is 162 Å². The number of nitrogens with two attached hydrogens (primary N) is 1. The number of anilines is 1. The molecule has 0 spiro atoms. The highest BCUT2D eigenvalue weighted by molar-refractivity contribution is 5.79. The van der Waals surface area contributed by atoms with Crippen LogP contribution in [0.1, 0.15) is 19.4 Å². The summed E-state index contributed by atoms with van der Waals surface area (Å²) in [4.78, 5) is 23.1. The van der Waals surface area contributed by atoms with Gasteiger partial charge in [0.25, 0.3) is 0 Å². The largest absolute Gasteiger partial charge is 0.461 e. The first kappa shape index (κ1) is 21.9. The van der Waals surface area contributed by atoms with E-state index in [1.54, 1.807) is 39.1 Å². The molecule has 1 aromatic rings. The number of ether oxygens (including phenoxy) is 3. The molecule has 1 aliphatic heterocycles. The number of primary amides is 1. The monoisotopic (exact) mass is 398 g/mol. The second kappa shape index (κ2) is 9.20. The van der Waals surface area contributed by atoms with Crippen LogP contribution in [0.5, 0.6) is 5.75 Å². The summed E-state index contributed by atoms with van der Waals surface area (Å²) in [6.45, 7) is 3.45. The fraction of sp³-hybridized carbons (Fsp3) is 0.556. The first-order valence-electron chi connectivity index (χ1n) is 8.78. The van der Waals surface area contributed by atoms with Gasteiger partial charge in [0.1, 0.15) is 30.7 Å². The van der Waals surface area contributed by atoms with E-state index in [-0.39, 0.29) is 24.2 Å². The second-order valence-corrected chi connectivity index (χ2v) is 6.76. The van der Waals surface area contributed by atoms with Crippen molar-refractivity contribution < 1.29 is 39.1 Å². The summed E-state index contributed by atoms with van der Waals surface area (Å²) in [5, 5.41) is 32.8. The zero-order valence-electron chi connectivity index (χ0n) is 15.9. The van der Waals surface area contributed by atoms with Gasteiger partial charge < -0.3 is 40.6 Å². The molecule has 10 heteroatoms. The van der Waals surface area contributed by atoms with Crippen molar-refractivity contribution in [1.82, 2.24) is 0 Å². The maximum absolute atomic E-state index is 11.6. The van der Waals surface area contributed by atoms with Gasteiger partial charge in [0.2, 0.25) is 12.2 Å². The van der Waals surface area contributed by atoms with Crippen molar-refractivity contribution in [3.8, 4) is 5.75 Å². The van der Waals surface area contributed by atoms with Crippen LogP contribution in [-0.4, -0.2) is 64.9 Å². The minimum atomic E-state index is -1.69. The highest BCUT2D eigenvalue weighted by Gasteiger charge is 2.47. The Kier molecular flexibility index (Phi) is 7.19. The van der Waals surface area contributed by atoms with Crippen LogP contribution in [0.15, 0.2) is 18.2 Å². The van der Waals surface area contributed by atoms with Crippen molar-refractivity contribution in [1.29, 1.82) is 0 Å². The summed E-state index contributed by atoms with van der Waals surface area (Å²) in [7, 11) is 1.64. The average molecular weight is 398 g/mol. The predicted octanol–water partition coefficient (Wildman–Crippen LogP) is -0.901. The number of carbonyl (C=O) groups is 2. The van der Waals surface area contributed by atoms with Gasteiger partial charge in [0, 0.05) is 7.05 Å².